The highest BCUT2D eigenvalue weighted by Crippen LogP contribution is 2.28. The lowest BCUT2D eigenvalue weighted by Crippen LogP contribution is -2.51. The number of nitrogens with zero attached hydrogens (tertiary/aromatic N) is 7. The monoisotopic (exact) mass is 449 g/mol. The van der Waals surface area contributed by atoms with Gasteiger partial charge in [0.2, 0.25) is 5.91 Å². The van der Waals surface area contributed by atoms with Gasteiger partial charge in [-0.05, 0) is 37.7 Å². The molecule has 172 valence electrons. The normalized spacial score (nSPS) is 15.0. The molecule has 0 saturated carbocycles. The minimum absolute atomic E-state index is 0.0609. The van der Waals surface area contributed by atoms with Gasteiger partial charge in [-0.25, -0.2) is 9.67 Å². The summed E-state index contributed by atoms with van der Waals surface area (Å²) >= 11 is 0. The van der Waals surface area contributed by atoms with Crippen LogP contribution < -0.4 is 4.90 Å². The molecule has 0 N–H and O–H groups in total. The molecule has 10 heteroatoms. The second kappa shape index (κ2) is 9.78. The van der Waals surface area contributed by atoms with Gasteiger partial charge in [-0.3, -0.25) is 19.8 Å². The summed E-state index contributed by atoms with van der Waals surface area (Å²) in [6.07, 6.45) is 3.15. The lowest BCUT2D eigenvalue weighted by Gasteiger charge is -2.37. The van der Waals surface area contributed by atoms with Gasteiger partial charge >= 0.3 is 0 Å². The Labute approximate surface area is 192 Å². The molecular formula is C23H27N7O3. The molecule has 0 bridgehead atoms. The van der Waals surface area contributed by atoms with Crippen LogP contribution in [0.2, 0.25) is 0 Å². The second-order valence-corrected chi connectivity index (χ2v) is 8.14. The number of piperazine rings is 1. The number of nitro benzene ring substituents is 1. The zero-order chi connectivity index (χ0) is 23.4. The average Bonchev–Trinajstić information content (AvgIpc) is 3.39. The summed E-state index contributed by atoms with van der Waals surface area (Å²) < 4.78 is 1.70. The Bertz CT molecular complexity index is 1090. The van der Waals surface area contributed by atoms with E-state index in [1.165, 1.54) is 12.4 Å². The number of nitro groups is 1. The van der Waals surface area contributed by atoms with E-state index in [9.17, 15) is 14.9 Å². The maximum Gasteiger partial charge on any atom is 0.292 e. The van der Waals surface area contributed by atoms with Crippen LogP contribution in [0.25, 0.3) is 5.69 Å². The molecule has 4 rings (SSSR count). The first-order chi connectivity index (χ1) is 15.9. The van der Waals surface area contributed by atoms with Crippen LogP contribution in [0.5, 0.6) is 0 Å². The number of hydrogen-bond donors (Lipinski definition) is 0. The SMILES string of the molecule is CC(c1ccc(-n2cncn2)cc1)N(C)CC(=O)N1CCN(c2ccccc2[N+](=O)[O-])CC1. The van der Waals surface area contributed by atoms with Crippen molar-refractivity contribution in [2.45, 2.75) is 13.0 Å². The Morgan fingerprint density at radius 2 is 1.82 bits per heavy atom. The third-order valence-corrected chi connectivity index (χ3v) is 6.16. The maximum absolute atomic E-state index is 12.9. The molecule has 10 nitrogen and oxygen atoms in total. The summed E-state index contributed by atoms with van der Waals surface area (Å²) in [4.78, 5) is 33.7. The molecule has 0 aliphatic carbocycles. The number of rotatable bonds is 7. The highest BCUT2D eigenvalue weighted by Gasteiger charge is 2.26. The predicted octanol–water partition coefficient (Wildman–Crippen LogP) is 2.52. The van der Waals surface area contributed by atoms with Crippen LogP contribution in [-0.4, -0.2) is 75.2 Å². The number of carbonyl (C=O) groups excluding carboxylic acids is 1. The van der Waals surface area contributed by atoms with Gasteiger partial charge in [-0.2, -0.15) is 5.10 Å². The molecule has 1 atom stereocenters. The van der Waals surface area contributed by atoms with Gasteiger partial charge in [0.1, 0.15) is 18.3 Å². The van der Waals surface area contributed by atoms with E-state index in [1.807, 2.05) is 46.0 Å². The zero-order valence-electron chi connectivity index (χ0n) is 18.7. The summed E-state index contributed by atoms with van der Waals surface area (Å²) in [7, 11) is 1.94. The molecule has 1 aliphatic heterocycles. The smallest absolute Gasteiger partial charge is 0.292 e. The largest absolute Gasteiger partial charge is 0.362 e. The van der Waals surface area contributed by atoms with Gasteiger partial charge < -0.3 is 9.80 Å². The van der Waals surface area contributed by atoms with E-state index in [0.717, 1.165) is 11.3 Å². The number of anilines is 1. The van der Waals surface area contributed by atoms with E-state index in [-0.39, 0.29) is 22.6 Å². The van der Waals surface area contributed by atoms with Crippen molar-refractivity contribution in [1.29, 1.82) is 0 Å². The van der Waals surface area contributed by atoms with Gasteiger partial charge in [0.05, 0.1) is 17.2 Å². The summed E-state index contributed by atoms with van der Waals surface area (Å²) in [6.45, 7) is 4.60. The molecule has 1 fully saturated rings. The summed E-state index contributed by atoms with van der Waals surface area (Å²) in [5, 5.41) is 15.5. The topological polar surface area (TPSA) is 101 Å². The van der Waals surface area contributed by atoms with Crippen LogP contribution in [0, 0.1) is 10.1 Å². The van der Waals surface area contributed by atoms with Crippen LogP contribution in [0.1, 0.15) is 18.5 Å². The van der Waals surface area contributed by atoms with E-state index < -0.39 is 0 Å². The zero-order valence-corrected chi connectivity index (χ0v) is 18.7. The Hall–Kier alpha value is -3.79. The van der Waals surface area contributed by atoms with Crippen molar-refractivity contribution in [2.75, 3.05) is 44.7 Å². The number of aromatic nitrogens is 3. The second-order valence-electron chi connectivity index (χ2n) is 8.14. The Kier molecular flexibility index (Phi) is 6.64. The molecule has 2 aromatic carbocycles. The van der Waals surface area contributed by atoms with Crippen LogP contribution in [0.15, 0.2) is 61.2 Å². The van der Waals surface area contributed by atoms with Crippen molar-refractivity contribution in [2.24, 2.45) is 0 Å². The van der Waals surface area contributed by atoms with Crippen LogP contribution in [-0.2, 0) is 4.79 Å². The molecule has 3 aromatic rings. The number of benzene rings is 2. The predicted molar refractivity (Wildman–Crippen MR) is 124 cm³/mol. The van der Waals surface area contributed by atoms with E-state index in [0.29, 0.717) is 38.4 Å². The number of carbonyl (C=O) groups is 1. The Balaban J connectivity index is 1.32. The first-order valence-corrected chi connectivity index (χ1v) is 10.9. The van der Waals surface area contributed by atoms with Gasteiger partial charge in [-0.1, -0.05) is 24.3 Å². The molecule has 33 heavy (non-hydrogen) atoms. The van der Waals surface area contributed by atoms with Gasteiger partial charge in [0.15, 0.2) is 0 Å². The summed E-state index contributed by atoms with van der Waals surface area (Å²) in [5.74, 6) is 0.0609. The lowest BCUT2D eigenvalue weighted by molar-refractivity contribution is -0.384. The van der Waals surface area contributed by atoms with Crippen molar-refractivity contribution in [3.05, 3.63) is 76.9 Å². The summed E-state index contributed by atoms with van der Waals surface area (Å²) in [5.41, 5.74) is 2.74. The fraction of sp³-hybridized carbons (Fsp3) is 0.348. The summed E-state index contributed by atoms with van der Waals surface area (Å²) in [6, 6.07) is 14.8. The quantitative estimate of drug-likeness (QED) is 0.404. The fourth-order valence-electron chi connectivity index (χ4n) is 4.03. The number of likely N-dealkylation sites (N-methyl/N-ethyl adjacent to an activating group) is 1. The maximum atomic E-state index is 12.9. The Morgan fingerprint density at radius 1 is 1.12 bits per heavy atom. The van der Waals surface area contributed by atoms with Crippen molar-refractivity contribution >= 4 is 17.3 Å². The van der Waals surface area contributed by atoms with Gasteiger partial charge in [0, 0.05) is 38.3 Å². The Morgan fingerprint density at radius 3 is 2.45 bits per heavy atom. The lowest BCUT2D eigenvalue weighted by atomic mass is 10.1. The minimum Gasteiger partial charge on any atom is -0.362 e. The molecule has 1 unspecified atom stereocenters. The number of hydrogen-bond acceptors (Lipinski definition) is 7. The van der Waals surface area contributed by atoms with Crippen LogP contribution in [0.3, 0.4) is 0 Å². The van der Waals surface area contributed by atoms with E-state index in [2.05, 4.69) is 17.0 Å². The third-order valence-electron chi connectivity index (χ3n) is 6.16. The highest BCUT2D eigenvalue weighted by atomic mass is 16.6. The molecule has 2 heterocycles. The van der Waals surface area contributed by atoms with Crippen LogP contribution >= 0.6 is 0 Å². The van der Waals surface area contributed by atoms with Crippen molar-refractivity contribution < 1.29 is 9.72 Å². The van der Waals surface area contributed by atoms with Crippen LogP contribution in [0.4, 0.5) is 11.4 Å². The first kappa shape index (κ1) is 22.4. The molecule has 1 aromatic heterocycles. The molecule has 1 saturated heterocycles. The standard InChI is InChI=1S/C23H27N7O3/c1-18(19-7-9-20(10-8-19)29-17-24-16-25-29)26(2)15-23(31)28-13-11-27(12-14-28)21-5-3-4-6-22(21)30(32)33/h3-10,16-18H,11-15H2,1-2H3. The minimum atomic E-state index is -0.359. The number of para-hydroxylation sites is 2. The third kappa shape index (κ3) is 5.01. The highest BCUT2D eigenvalue weighted by molar-refractivity contribution is 5.78. The van der Waals surface area contributed by atoms with Gasteiger partial charge in [0.25, 0.3) is 5.69 Å². The van der Waals surface area contributed by atoms with Crippen molar-refractivity contribution in [3.8, 4) is 5.69 Å². The van der Waals surface area contributed by atoms with Gasteiger partial charge in [-0.15, -0.1) is 0 Å². The van der Waals surface area contributed by atoms with E-state index in [1.54, 1.807) is 29.2 Å². The first-order valence-electron chi connectivity index (χ1n) is 10.9. The fourth-order valence-corrected chi connectivity index (χ4v) is 4.03. The average molecular weight is 450 g/mol. The van der Waals surface area contributed by atoms with E-state index >= 15 is 0 Å². The molecule has 0 radical (unpaired) electrons. The molecule has 1 amide bonds. The van der Waals surface area contributed by atoms with Crippen molar-refractivity contribution in [3.63, 3.8) is 0 Å². The molecule has 0 spiro atoms. The number of amides is 1. The van der Waals surface area contributed by atoms with E-state index in [4.69, 9.17) is 0 Å². The molecule has 1 aliphatic rings. The van der Waals surface area contributed by atoms with Crippen molar-refractivity contribution in [1.82, 2.24) is 24.6 Å². The molecular weight excluding hydrogens is 422 g/mol.